The van der Waals surface area contributed by atoms with Crippen LogP contribution < -0.4 is 0 Å². The summed E-state index contributed by atoms with van der Waals surface area (Å²) in [5.74, 6) is -1.21. The van der Waals surface area contributed by atoms with E-state index in [9.17, 15) is 30.3 Å². The maximum Gasteiger partial charge on any atom is 0.324 e. The first-order chi connectivity index (χ1) is 13.1. The van der Waals surface area contributed by atoms with Gasteiger partial charge in [-0.25, -0.2) is 0 Å². The molecule has 0 aromatic heterocycles. The Kier molecular flexibility index (Phi) is 6.21. The van der Waals surface area contributed by atoms with Gasteiger partial charge in [0.2, 0.25) is 0 Å². The van der Waals surface area contributed by atoms with E-state index >= 15 is 0 Å². The van der Waals surface area contributed by atoms with Gasteiger partial charge in [-0.1, -0.05) is 46.3 Å². The molecule has 0 saturated heterocycles. The molecule has 0 aliphatic rings. The minimum atomic E-state index is -1.21. The second kappa shape index (κ2) is 8.39. The SMILES string of the molecule is Cc1cccc2c(Br)cccc12.O=[N+]([O-])c1cc([N+](=O)[O-])c(O)c([N+](=O)[O-])c1. The predicted molar refractivity (Wildman–Crippen MR) is 104 cm³/mol. The molecular formula is C17H12BrN3O7. The first kappa shape index (κ1) is 20.7. The Morgan fingerprint density at radius 3 is 1.79 bits per heavy atom. The zero-order chi connectivity index (χ0) is 21.0. The number of halogens is 1. The molecule has 3 aromatic carbocycles. The molecule has 0 aliphatic carbocycles. The largest absolute Gasteiger partial charge is 0.497 e. The van der Waals surface area contributed by atoms with Crippen molar-refractivity contribution in [2.75, 3.05) is 0 Å². The lowest BCUT2D eigenvalue weighted by Gasteiger charge is -2.02. The Morgan fingerprint density at radius 1 is 0.821 bits per heavy atom. The van der Waals surface area contributed by atoms with Crippen molar-refractivity contribution in [3.05, 3.63) is 88.9 Å². The van der Waals surface area contributed by atoms with E-state index in [0.717, 1.165) is 0 Å². The van der Waals surface area contributed by atoms with Gasteiger partial charge in [0, 0.05) is 4.47 Å². The normalized spacial score (nSPS) is 10.1. The molecule has 3 aromatic rings. The predicted octanol–water partition coefficient (Wildman–Crippen LogP) is 5.03. The van der Waals surface area contributed by atoms with E-state index in [-0.39, 0.29) is 0 Å². The van der Waals surface area contributed by atoms with Crippen molar-refractivity contribution in [1.29, 1.82) is 0 Å². The van der Waals surface area contributed by atoms with Crippen LogP contribution in [0.2, 0.25) is 0 Å². The van der Waals surface area contributed by atoms with Crippen molar-refractivity contribution in [2.24, 2.45) is 0 Å². The smallest absolute Gasteiger partial charge is 0.324 e. The van der Waals surface area contributed by atoms with Crippen LogP contribution in [0.4, 0.5) is 17.1 Å². The van der Waals surface area contributed by atoms with E-state index in [1.165, 1.54) is 20.8 Å². The fraction of sp³-hybridized carbons (Fsp3) is 0.0588. The number of aryl methyl sites for hydroxylation is 1. The number of hydrogen-bond donors (Lipinski definition) is 1. The summed E-state index contributed by atoms with van der Waals surface area (Å²) in [4.78, 5) is 27.8. The van der Waals surface area contributed by atoms with Gasteiger partial charge < -0.3 is 5.11 Å². The number of nitrogens with zero attached hydrogens (tertiary/aromatic N) is 3. The van der Waals surface area contributed by atoms with Crippen molar-refractivity contribution in [3.8, 4) is 5.75 Å². The Labute approximate surface area is 165 Å². The van der Waals surface area contributed by atoms with Gasteiger partial charge in [-0.2, -0.15) is 0 Å². The molecule has 3 rings (SSSR count). The monoisotopic (exact) mass is 449 g/mol. The highest BCUT2D eigenvalue weighted by atomic mass is 79.9. The zero-order valence-corrected chi connectivity index (χ0v) is 15.8. The van der Waals surface area contributed by atoms with Crippen molar-refractivity contribution in [3.63, 3.8) is 0 Å². The van der Waals surface area contributed by atoms with E-state index in [4.69, 9.17) is 5.11 Å². The number of non-ortho nitro benzene ring substituents is 1. The minimum absolute atomic E-state index is 0.447. The van der Waals surface area contributed by atoms with Gasteiger partial charge in [0.05, 0.1) is 26.9 Å². The molecule has 0 spiro atoms. The molecular weight excluding hydrogens is 438 g/mol. The van der Waals surface area contributed by atoms with Crippen molar-refractivity contribution < 1.29 is 19.9 Å². The fourth-order valence-corrected chi connectivity index (χ4v) is 2.90. The second-order valence-electron chi connectivity index (χ2n) is 5.51. The van der Waals surface area contributed by atoms with Crippen LogP contribution in [0.5, 0.6) is 5.75 Å². The fourth-order valence-electron chi connectivity index (χ4n) is 2.40. The Balaban J connectivity index is 0.000000207. The Bertz CT molecular complexity index is 1030. The van der Waals surface area contributed by atoms with Crippen LogP contribution in [0.15, 0.2) is 53.0 Å². The molecule has 0 heterocycles. The number of benzene rings is 3. The van der Waals surface area contributed by atoms with Crippen LogP contribution in [-0.2, 0) is 0 Å². The first-order valence-electron chi connectivity index (χ1n) is 7.57. The summed E-state index contributed by atoms with van der Waals surface area (Å²) in [7, 11) is 0. The highest BCUT2D eigenvalue weighted by Crippen LogP contribution is 2.38. The van der Waals surface area contributed by atoms with Gasteiger partial charge in [-0.15, -0.1) is 0 Å². The van der Waals surface area contributed by atoms with Gasteiger partial charge in [-0.3, -0.25) is 30.3 Å². The van der Waals surface area contributed by atoms with Gasteiger partial charge in [-0.05, 0) is 29.3 Å². The van der Waals surface area contributed by atoms with Crippen LogP contribution in [-0.4, -0.2) is 19.9 Å². The molecule has 28 heavy (non-hydrogen) atoms. The van der Waals surface area contributed by atoms with Gasteiger partial charge in [0.15, 0.2) is 0 Å². The number of phenolic OH excluding ortho intramolecular Hbond substituents is 1. The molecule has 144 valence electrons. The zero-order valence-electron chi connectivity index (χ0n) is 14.2. The number of phenols is 1. The molecule has 0 radical (unpaired) electrons. The summed E-state index contributed by atoms with van der Waals surface area (Å²) in [5, 5.41) is 42.8. The van der Waals surface area contributed by atoms with Crippen LogP contribution >= 0.6 is 15.9 Å². The summed E-state index contributed by atoms with van der Waals surface area (Å²) in [5.41, 5.74) is -1.67. The molecule has 10 nitrogen and oxygen atoms in total. The summed E-state index contributed by atoms with van der Waals surface area (Å²) in [6.45, 7) is 2.13. The number of aromatic hydroxyl groups is 1. The van der Waals surface area contributed by atoms with Gasteiger partial charge in [0.1, 0.15) is 0 Å². The average molecular weight is 450 g/mol. The van der Waals surface area contributed by atoms with Crippen molar-refractivity contribution in [2.45, 2.75) is 6.92 Å². The quantitative estimate of drug-likeness (QED) is 0.434. The van der Waals surface area contributed by atoms with Crippen molar-refractivity contribution >= 4 is 43.8 Å². The lowest BCUT2D eigenvalue weighted by atomic mass is 10.1. The topological polar surface area (TPSA) is 150 Å². The molecule has 0 unspecified atom stereocenters. The number of nitro benzene ring substituents is 3. The molecule has 0 atom stereocenters. The summed E-state index contributed by atoms with van der Waals surface area (Å²) in [6, 6.07) is 13.5. The Hall–Kier alpha value is -3.60. The molecule has 11 heteroatoms. The Morgan fingerprint density at radius 2 is 1.32 bits per heavy atom. The van der Waals surface area contributed by atoms with E-state index < -0.39 is 37.6 Å². The van der Waals surface area contributed by atoms with Gasteiger partial charge >= 0.3 is 11.4 Å². The highest BCUT2D eigenvalue weighted by molar-refractivity contribution is 9.10. The third kappa shape index (κ3) is 4.38. The van der Waals surface area contributed by atoms with Crippen molar-refractivity contribution in [1.82, 2.24) is 0 Å². The molecule has 1 N–H and O–H groups in total. The molecule has 0 saturated carbocycles. The third-order valence-corrected chi connectivity index (χ3v) is 4.44. The number of fused-ring (bicyclic) bond motifs is 1. The molecule has 0 aliphatic heterocycles. The summed E-state index contributed by atoms with van der Waals surface area (Å²) >= 11 is 3.53. The molecule has 0 fully saturated rings. The molecule has 0 bridgehead atoms. The van der Waals surface area contributed by atoms with Gasteiger partial charge in [0.25, 0.3) is 11.4 Å². The van der Waals surface area contributed by atoms with E-state index in [2.05, 4.69) is 59.3 Å². The van der Waals surface area contributed by atoms with Crippen LogP contribution in [0, 0.1) is 37.3 Å². The maximum absolute atomic E-state index is 10.4. The van der Waals surface area contributed by atoms with Crippen LogP contribution in [0.1, 0.15) is 5.56 Å². The number of hydrogen-bond acceptors (Lipinski definition) is 7. The maximum atomic E-state index is 10.4. The third-order valence-electron chi connectivity index (χ3n) is 3.75. The lowest BCUT2D eigenvalue weighted by molar-refractivity contribution is -0.404. The summed E-state index contributed by atoms with van der Waals surface area (Å²) in [6.07, 6.45) is 0. The van der Waals surface area contributed by atoms with E-state index in [1.807, 2.05) is 0 Å². The number of nitro groups is 3. The van der Waals surface area contributed by atoms with Crippen LogP contribution in [0.3, 0.4) is 0 Å². The summed E-state index contributed by atoms with van der Waals surface area (Å²) < 4.78 is 1.17. The number of rotatable bonds is 3. The standard InChI is InChI=1S/C11H9Br.C6H3N3O7/c1-8-4-2-6-10-9(8)5-3-7-11(10)12;10-6-4(8(13)14)1-3(7(11)12)2-5(6)9(15)16/h2-7H,1H3;1-2,10H. The van der Waals surface area contributed by atoms with Crippen LogP contribution in [0.25, 0.3) is 10.8 Å². The second-order valence-corrected chi connectivity index (χ2v) is 6.37. The first-order valence-corrected chi connectivity index (χ1v) is 8.36. The van der Waals surface area contributed by atoms with E-state index in [0.29, 0.717) is 12.1 Å². The van der Waals surface area contributed by atoms with E-state index in [1.54, 1.807) is 0 Å². The molecule has 0 amide bonds. The average Bonchev–Trinajstić information content (AvgIpc) is 2.63. The highest BCUT2D eigenvalue weighted by Gasteiger charge is 2.30. The minimum Gasteiger partial charge on any atom is -0.497 e. The lowest BCUT2D eigenvalue weighted by Crippen LogP contribution is -1.97.